The number of carbonyl (C=O) groups is 1. The lowest BCUT2D eigenvalue weighted by Gasteiger charge is -2.12. The van der Waals surface area contributed by atoms with E-state index >= 15 is 0 Å². The van der Waals surface area contributed by atoms with Gasteiger partial charge in [0.05, 0.1) is 0 Å². The Morgan fingerprint density at radius 2 is 2.00 bits per heavy atom. The van der Waals surface area contributed by atoms with Crippen molar-refractivity contribution in [3.05, 3.63) is 16.4 Å². The van der Waals surface area contributed by atoms with Gasteiger partial charge < -0.3 is 0 Å². The zero-order valence-corrected chi connectivity index (χ0v) is 10.0. The summed E-state index contributed by atoms with van der Waals surface area (Å²) in [5, 5.41) is 4.04. The van der Waals surface area contributed by atoms with E-state index in [9.17, 15) is 18.0 Å². The van der Waals surface area contributed by atoms with Gasteiger partial charge in [0.15, 0.2) is 5.69 Å². The number of halogens is 4. The molecule has 0 atom stereocenters. The standard InChI is InChI=1S/C8H10ClF3N4O/c1-15(2)14-7(17)4-5(8(10,11)12)13-16(3)6(4)9/h1-3H3,(H,14,17). The lowest BCUT2D eigenvalue weighted by atomic mass is 10.2. The fourth-order valence-corrected chi connectivity index (χ4v) is 1.38. The first-order valence-electron chi connectivity index (χ1n) is 4.42. The van der Waals surface area contributed by atoms with Gasteiger partial charge in [0.25, 0.3) is 5.91 Å². The summed E-state index contributed by atoms with van der Waals surface area (Å²) in [5.74, 6) is -0.958. The van der Waals surface area contributed by atoms with Crippen molar-refractivity contribution in [2.75, 3.05) is 14.1 Å². The van der Waals surface area contributed by atoms with Crippen molar-refractivity contribution in [1.29, 1.82) is 0 Å². The molecular weight excluding hydrogens is 261 g/mol. The minimum atomic E-state index is -4.73. The Morgan fingerprint density at radius 1 is 1.47 bits per heavy atom. The fraction of sp³-hybridized carbons (Fsp3) is 0.500. The van der Waals surface area contributed by atoms with Gasteiger partial charge in [0, 0.05) is 21.1 Å². The molecule has 0 aliphatic carbocycles. The minimum Gasteiger partial charge on any atom is -0.285 e. The average Bonchev–Trinajstić information content (AvgIpc) is 2.41. The van der Waals surface area contributed by atoms with Gasteiger partial charge in [-0.2, -0.15) is 18.3 Å². The molecule has 0 aliphatic heterocycles. The molecule has 0 bridgehead atoms. The molecule has 1 amide bonds. The molecule has 1 rings (SSSR count). The van der Waals surface area contributed by atoms with E-state index in [2.05, 4.69) is 10.5 Å². The second-order valence-electron chi connectivity index (χ2n) is 3.47. The summed E-state index contributed by atoms with van der Waals surface area (Å²) in [6.45, 7) is 0. The summed E-state index contributed by atoms with van der Waals surface area (Å²) >= 11 is 5.62. The first-order chi connectivity index (χ1) is 7.64. The van der Waals surface area contributed by atoms with Crippen molar-refractivity contribution in [3.63, 3.8) is 0 Å². The molecule has 96 valence electrons. The SMILES string of the molecule is CN(C)NC(=O)c1c(C(F)(F)F)nn(C)c1Cl. The molecule has 0 radical (unpaired) electrons. The first-order valence-corrected chi connectivity index (χ1v) is 4.80. The number of hydrogen-bond acceptors (Lipinski definition) is 3. The number of nitrogens with one attached hydrogen (secondary N) is 1. The van der Waals surface area contributed by atoms with E-state index in [0.717, 1.165) is 4.68 Å². The van der Waals surface area contributed by atoms with Crippen molar-refractivity contribution in [2.45, 2.75) is 6.18 Å². The second kappa shape index (κ2) is 4.53. The van der Waals surface area contributed by atoms with Crippen molar-refractivity contribution in [2.24, 2.45) is 7.05 Å². The van der Waals surface area contributed by atoms with Crippen molar-refractivity contribution < 1.29 is 18.0 Å². The van der Waals surface area contributed by atoms with Crippen LogP contribution in [0.3, 0.4) is 0 Å². The monoisotopic (exact) mass is 270 g/mol. The van der Waals surface area contributed by atoms with Crippen LogP contribution in [-0.4, -0.2) is 34.8 Å². The number of aromatic nitrogens is 2. The van der Waals surface area contributed by atoms with Gasteiger partial charge in [-0.15, -0.1) is 0 Å². The highest BCUT2D eigenvalue weighted by Gasteiger charge is 2.41. The molecule has 0 aromatic carbocycles. The van der Waals surface area contributed by atoms with E-state index in [1.165, 1.54) is 26.2 Å². The highest BCUT2D eigenvalue weighted by molar-refractivity contribution is 6.33. The summed E-state index contributed by atoms with van der Waals surface area (Å²) < 4.78 is 38.6. The molecule has 1 aromatic rings. The lowest BCUT2D eigenvalue weighted by Crippen LogP contribution is -2.37. The predicted octanol–water partition coefficient (Wildman–Crippen LogP) is 1.30. The normalized spacial score (nSPS) is 12.0. The zero-order valence-electron chi connectivity index (χ0n) is 9.26. The summed E-state index contributed by atoms with van der Waals surface area (Å²) in [6.07, 6.45) is -4.73. The van der Waals surface area contributed by atoms with Crippen molar-refractivity contribution >= 4 is 17.5 Å². The van der Waals surface area contributed by atoms with E-state index < -0.39 is 23.3 Å². The van der Waals surface area contributed by atoms with E-state index in [-0.39, 0.29) is 5.15 Å². The topological polar surface area (TPSA) is 50.2 Å². The molecule has 0 spiro atoms. The van der Waals surface area contributed by atoms with E-state index in [0.29, 0.717) is 0 Å². The lowest BCUT2D eigenvalue weighted by molar-refractivity contribution is -0.141. The molecule has 9 heteroatoms. The van der Waals surface area contributed by atoms with Gasteiger partial charge in [-0.1, -0.05) is 11.6 Å². The van der Waals surface area contributed by atoms with Gasteiger partial charge in [-0.3, -0.25) is 14.9 Å². The Labute approximate surface area is 100 Å². The molecule has 1 heterocycles. The Balaban J connectivity index is 3.26. The third-order valence-electron chi connectivity index (χ3n) is 1.80. The largest absolute Gasteiger partial charge is 0.436 e. The maximum Gasteiger partial charge on any atom is 0.436 e. The molecule has 0 aliphatic rings. The number of aryl methyl sites for hydroxylation is 1. The molecule has 0 unspecified atom stereocenters. The van der Waals surface area contributed by atoms with Crippen molar-refractivity contribution in [3.8, 4) is 0 Å². The van der Waals surface area contributed by atoms with E-state index in [1.807, 2.05) is 0 Å². The number of hydrazine groups is 1. The third kappa shape index (κ3) is 2.89. The van der Waals surface area contributed by atoms with Crippen LogP contribution in [0.5, 0.6) is 0 Å². The number of rotatable bonds is 2. The van der Waals surface area contributed by atoms with Crippen molar-refractivity contribution in [1.82, 2.24) is 20.2 Å². The quantitative estimate of drug-likeness (QED) is 0.824. The van der Waals surface area contributed by atoms with Gasteiger partial charge in [-0.05, 0) is 0 Å². The van der Waals surface area contributed by atoms with Gasteiger partial charge in [0.2, 0.25) is 0 Å². The summed E-state index contributed by atoms with van der Waals surface area (Å²) in [4.78, 5) is 11.6. The molecule has 17 heavy (non-hydrogen) atoms. The molecule has 0 saturated carbocycles. The highest BCUT2D eigenvalue weighted by Crippen LogP contribution is 2.33. The zero-order chi connectivity index (χ0) is 13.4. The van der Waals surface area contributed by atoms with E-state index in [1.54, 1.807) is 0 Å². The average molecular weight is 271 g/mol. The fourth-order valence-electron chi connectivity index (χ4n) is 1.16. The van der Waals surface area contributed by atoms with E-state index in [4.69, 9.17) is 11.6 Å². The first kappa shape index (κ1) is 13.8. The highest BCUT2D eigenvalue weighted by atomic mass is 35.5. The maximum atomic E-state index is 12.6. The smallest absolute Gasteiger partial charge is 0.285 e. The summed E-state index contributed by atoms with van der Waals surface area (Å²) in [6, 6.07) is 0. The second-order valence-corrected chi connectivity index (χ2v) is 3.83. The van der Waals surface area contributed by atoms with Crippen LogP contribution in [0.1, 0.15) is 16.1 Å². The van der Waals surface area contributed by atoms with Crippen LogP contribution in [0.4, 0.5) is 13.2 Å². The maximum absolute atomic E-state index is 12.6. The Bertz CT molecular complexity index is 441. The number of hydrogen-bond donors (Lipinski definition) is 1. The molecular formula is C8H10ClF3N4O. The van der Waals surface area contributed by atoms with Gasteiger partial charge >= 0.3 is 6.18 Å². The third-order valence-corrected chi connectivity index (χ3v) is 2.23. The molecule has 1 N–H and O–H groups in total. The van der Waals surface area contributed by atoms with Crippen LogP contribution < -0.4 is 5.43 Å². The Kier molecular flexibility index (Phi) is 3.68. The van der Waals surface area contributed by atoms with Crippen LogP contribution in [0.2, 0.25) is 5.15 Å². The Morgan fingerprint density at radius 3 is 2.41 bits per heavy atom. The number of amides is 1. The van der Waals surface area contributed by atoms with Crippen LogP contribution in [0, 0.1) is 0 Å². The Hall–Kier alpha value is -1.28. The van der Waals surface area contributed by atoms with Crippen LogP contribution in [0.15, 0.2) is 0 Å². The number of nitrogens with zero attached hydrogens (tertiary/aromatic N) is 3. The van der Waals surface area contributed by atoms with Gasteiger partial charge in [0.1, 0.15) is 10.7 Å². The summed E-state index contributed by atoms with van der Waals surface area (Å²) in [5.41, 5.74) is 0.196. The molecule has 5 nitrogen and oxygen atoms in total. The van der Waals surface area contributed by atoms with Gasteiger partial charge in [-0.25, -0.2) is 5.01 Å². The molecule has 0 saturated heterocycles. The minimum absolute atomic E-state index is 0.364. The predicted molar refractivity (Wildman–Crippen MR) is 54.4 cm³/mol. The number of carbonyl (C=O) groups excluding carboxylic acids is 1. The van der Waals surface area contributed by atoms with Crippen LogP contribution in [-0.2, 0) is 13.2 Å². The molecule has 1 aromatic heterocycles. The number of alkyl halides is 3. The molecule has 0 fully saturated rings. The van der Waals surface area contributed by atoms with Crippen LogP contribution >= 0.6 is 11.6 Å². The van der Waals surface area contributed by atoms with Crippen LogP contribution in [0.25, 0.3) is 0 Å². The summed E-state index contributed by atoms with van der Waals surface area (Å²) in [7, 11) is 4.16.